The summed E-state index contributed by atoms with van der Waals surface area (Å²) in [6.07, 6.45) is 6.97. The zero-order valence-electron chi connectivity index (χ0n) is 19.5. The topological polar surface area (TPSA) is 74.8 Å². The Balaban J connectivity index is 1.45. The number of anilines is 2. The molecular formula is C28H22Cl2N2O4. The smallest absolute Gasteiger partial charge is 0.241 e. The SMILES string of the molecule is Cc1c(Cl)cccc1N1C(=O)[C@H]2C=C[C@@H]3C(=O)N(c4cccc(Cl)c4C)C(=O)[C@@H]4C=C[C@H](C1=O)C2C34. The molecule has 182 valence electrons. The minimum atomic E-state index is -0.625. The normalized spacial score (nSPS) is 30.7. The minimum absolute atomic E-state index is 0.358. The first-order chi connectivity index (χ1) is 17.2. The molecule has 0 saturated carbocycles. The lowest BCUT2D eigenvalue weighted by molar-refractivity contribution is -0.148. The third-order valence-corrected chi connectivity index (χ3v) is 8.96. The van der Waals surface area contributed by atoms with Gasteiger partial charge in [0, 0.05) is 10.0 Å². The molecular weight excluding hydrogens is 499 g/mol. The summed E-state index contributed by atoms with van der Waals surface area (Å²) in [5.74, 6) is -4.87. The Labute approximate surface area is 218 Å². The first kappa shape index (κ1) is 23.2. The van der Waals surface area contributed by atoms with Crippen molar-refractivity contribution in [1.82, 2.24) is 0 Å². The molecule has 8 heteroatoms. The van der Waals surface area contributed by atoms with E-state index in [2.05, 4.69) is 0 Å². The number of halogens is 2. The van der Waals surface area contributed by atoms with Crippen LogP contribution in [0.2, 0.25) is 10.0 Å². The van der Waals surface area contributed by atoms with Gasteiger partial charge in [-0.3, -0.25) is 19.2 Å². The van der Waals surface area contributed by atoms with Gasteiger partial charge < -0.3 is 0 Å². The van der Waals surface area contributed by atoms with Crippen LogP contribution in [-0.2, 0) is 19.2 Å². The molecule has 2 fully saturated rings. The molecule has 2 aliphatic carbocycles. The number of carbonyl (C=O) groups excluding carboxylic acids is 4. The predicted molar refractivity (Wildman–Crippen MR) is 137 cm³/mol. The van der Waals surface area contributed by atoms with Gasteiger partial charge in [-0.05, 0) is 61.1 Å². The van der Waals surface area contributed by atoms with Gasteiger partial charge in [0.15, 0.2) is 0 Å². The Bertz CT molecular complexity index is 1270. The number of amides is 4. The molecule has 36 heavy (non-hydrogen) atoms. The molecule has 6 atom stereocenters. The lowest BCUT2D eigenvalue weighted by Gasteiger charge is -2.53. The quantitative estimate of drug-likeness (QED) is 0.417. The molecule has 4 aliphatic rings. The highest BCUT2D eigenvalue weighted by Gasteiger charge is 2.61. The molecule has 2 aromatic carbocycles. The van der Waals surface area contributed by atoms with E-state index in [1.807, 2.05) is 0 Å². The van der Waals surface area contributed by atoms with Gasteiger partial charge in [-0.2, -0.15) is 0 Å². The Hall–Kier alpha value is -3.22. The molecule has 0 spiro atoms. The molecule has 0 radical (unpaired) electrons. The van der Waals surface area contributed by atoms with E-state index < -0.39 is 35.5 Å². The number of rotatable bonds is 2. The second kappa shape index (κ2) is 8.15. The van der Waals surface area contributed by atoms with Crippen LogP contribution in [-0.4, -0.2) is 23.6 Å². The zero-order chi connectivity index (χ0) is 25.5. The monoisotopic (exact) mass is 520 g/mol. The molecule has 6 nitrogen and oxygen atoms in total. The number of carbonyl (C=O) groups is 4. The summed E-state index contributed by atoms with van der Waals surface area (Å²) < 4.78 is 0. The van der Waals surface area contributed by atoms with Crippen molar-refractivity contribution < 1.29 is 19.2 Å². The van der Waals surface area contributed by atoms with Crippen molar-refractivity contribution >= 4 is 58.2 Å². The van der Waals surface area contributed by atoms with Gasteiger partial charge in [-0.15, -0.1) is 0 Å². The fourth-order valence-electron chi connectivity index (χ4n) is 6.35. The van der Waals surface area contributed by atoms with Crippen LogP contribution in [0, 0.1) is 49.4 Å². The van der Waals surface area contributed by atoms with Crippen molar-refractivity contribution in [2.24, 2.45) is 35.5 Å². The number of nitrogens with zero attached hydrogens (tertiary/aromatic N) is 2. The molecule has 0 aromatic heterocycles. The maximum Gasteiger partial charge on any atom is 0.241 e. The van der Waals surface area contributed by atoms with Gasteiger partial charge in [0.05, 0.1) is 35.0 Å². The van der Waals surface area contributed by atoms with E-state index in [1.54, 1.807) is 74.5 Å². The highest BCUT2D eigenvalue weighted by Crippen LogP contribution is 2.54. The Morgan fingerprint density at radius 2 is 0.861 bits per heavy atom. The van der Waals surface area contributed by atoms with Crippen LogP contribution in [0.4, 0.5) is 11.4 Å². The van der Waals surface area contributed by atoms with Crippen molar-refractivity contribution in [2.75, 3.05) is 9.80 Å². The molecule has 2 saturated heterocycles. The van der Waals surface area contributed by atoms with Crippen LogP contribution in [0.5, 0.6) is 0 Å². The highest BCUT2D eigenvalue weighted by molar-refractivity contribution is 6.33. The van der Waals surface area contributed by atoms with E-state index >= 15 is 0 Å². The van der Waals surface area contributed by atoms with Gasteiger partial charge in [0.1, 0.15) is 0 Å². The van der Waals surface area contributed by atoms with Gasteiger partial charge in [-0.1, -0.05) is 59.6 Å². The van der Waals surface area contributed by atoms with E-state index in [4.69, 9.17) is 23.2 Å². The lowest BCUT2D eigenvalue weighted by atomic mass is 9.55. The van der Waals surface area contributed by atoms with Crippen molar-refractivity contribution in [3.63, 3.8) is 0 Å². The molecule has 6 rings (SSSR count). The third kappa shape index (κ3) is 3.04. The first-order valence-corrected chi connectivity index (χ1v) is 12.6. The van der Waals surface area contributed by atoms with Gasteiger partial charge in [0.2, 0.25) is 23.6 Å². The summed E-state index contributed by atoms with van der Waals surface area (Å²) in [6, 6.07) is 10.3. The van der Waals surface area contributed by atoms with Crippen LogP contribution in [0.3, 0.4) is 0 Å². The van der Waals surface area contributed by atoms with Crippen molar-refractivity contribution in [2.45, 2.75) is 13.8 Å². The number of imide groups is 2. The fraction of sp³-hybridized carbons (Fsp3) is 0.286. The van der Waals surface area contributed by atoms with Crippen molar-refractivity contribution in [3.05, 3.63) is 81.9 Å². The van der Waals surface area contributed by atoms with Gasteiger partial charge in [-0.25, -0.2) is 9.80 Å². The highest BCUT2D eigenvalue weighted by atomic mass is 35.5. The van der Waals surface area contributed by atoms with E-state index in [0.29, 0.717) is 32.5 Å². The summed E-state index contributed by atoms with van der Waals surface area (Å²) in [6.45, 7) is 3.54. The largest absolute Gasteiger partial charge is 0.273 e. The zero-order valence-corrected chi connectivity index (χ0v) is 21.0. The summed E-state index contributed by atoms with van der Waals surface area (Å²) in [5.41, 5.74) is 2.20. The number of piperidine rings is 2. The van der Waals surface area contributed by atoms with E-state index in [1.165, 1.54) is 9.80 Å². The maximum absolute atomic E-state index is 13.7. The second-order valence-corrected chi connectivity index (χ2v) is 10.6. The van der Waals surface area contributed by atoms with Crippen LogP contribution in [0.25, 0.3) is 0 Å². The van der Waals surface area contributed by atoms with Crippen LogP contribution >= 0.6 is 23.2 Å². The molecule has 2 aromatic rings. The average Bonchev–Trinajstić information content (AvgIpc) is 2.86. The molecule has 2 aliphatic heterocycles. The van der Waals surface area contributed by atoms with Crippen molar-refractivity contribution in [1.29, 1.82) is 0 Å². The van der Waals surface area contributed by atoms with E-state index in [-0.39, 0.29) is 23.6 Å². The number of hydrogen-bond acceptors (Lipinski definition) is 4. The Morgan fingerprint density at radius 1 is 0.556 bits per heavy atom. The molecule has 4 amide bonds. The van der Waals surface area contributed by atoms with Gasteiger partial charge in [0.25, 0.3) is 0 Å². The second-order valence-electron chi connectivity index (χ2n) is 9.82. The summed E-state index contributed by atoms with van der Waals surface area (Å²) in [5, 5.41) is 0.933. The third-order valence-electron chi connectivity index (χ3n) is 8.14. The average molecular weight is 521 g/mol. The molecule has 2 unspecified atom stereocenters. The van der Waals surface area contributed by atoms with Crippen LogP contribution in [0.15, 0.2) is 60.7 Å². The van der Waals surface area contributed by atoms with Gasteiger partial charge >= 0.3 is 0 Å². The number of benzene rings is 2. The molecule has 2 heterocycles. The standard InChI is InChI=1S/C28H22Cl2N2O4/c1-13-19(29)5-3-7-21(13)31-25(33)15-9-11-17-24-18(12-10-16(23(15)24)26(31)34)28(36)32(27(17)35)22-8-4-6-20(30)14(22)2/h3-12,15-18,23-24H,1-2H3/t15-,16-,17-,18+,23?,24?/m0/s1. The maximum atomic E-state index is 13.7. The predicted octanol–water partition coefficient (Wildman–Crippen LogP) is 4.89. The summed E-state index contributed by atoms with van der Waals surface area (Å²) in [4.78, 5) is 57.3. The first-order valence-electron chi connectivity index (χ1n) is 11.8. The van der Waals surface area contributed by atoms with E-state index in [9.17, 15) is 19.2 Å². The summed E-state index contributed by atoms with van der Waals surface area (Å²) >= 11 is 12.6. The molecule has 0 bridgehead atoms. The van der Waals surface area contributed by atoms with Crippen molar-refractivity contribution in [3.8, 4) is 0 Å². The number of hydrogen-bond donors (Lipinski definition) is 0. The van der Waals surface area contributed by atoms with Crippen LogP contribution in [0.1, 0.15) is 11.1 Å². The minimum Gasteiger partial charge on any atom is -0.273 e. The Morgan fingerprint density at radius 3 is 1.17 bits per heavy atom. The Kier molecular flexibility index (Phi) is 5.25. The van der Waals surface area contributed by atoms with Crippen LogP contribution < -0.4 is 9.80 Å². The van der Waals surface area contributed by atoms with E-state index in [0.717, 1.165) is 0 Å². The summed E-state index contributed by atoms with van der Waals surface area (Å²) in [7, 11) is 0. The molecule has 0 N–H and O–H groups in total. The lowest BCUT2D eigenvalue weighted by Crippen LogP contribution is -2.64. The fourth-order valence-corrected chi connectivity index (χ4v) is 6.69.